The second-order valence-corrected chi connectivity index (χ2v) is 31.3. The summed E-state index contributed by atoms with van der Waals surface area (Å²) in [5.41, 5.74) is -0.472. The van der Waals surface area contributed by atoms with Gasteiger partial charge < -0.3 is 40.8 Å². The Balaban J connectivity index is 0.000000315. The Morgan fingerprint density at radius 3 is 1.47 bits per heavy atom. The predicted molar refractivity (Wildman–Crippen MR) is 333 cm³/mol. The lowest BCUT2D eigenvalue weighted by atomic mass is 9.99. The van der Waals surface area contributed by atoms with Crippen molar-refractivity contribution in [3.05, 3.63) is 58.8 Å². The van der Waals surface area contributed by atoms with E-state index in [2.05, 4.69) is 46.0 Å². The van der Waals surface area contributed by atoms with Gasteiger partial charge in [0, 0.05) is 77.9 Å². The fraction of sp³-hybridized carbons (Fsp3) is 0.610. The highest BCUT2D eigenvalue weighted by Gasteiger charge is 2.38. The maximum atomic E-state index is 13.7. The first-order chi connectivity index (χ1) is 39.3. The molecule has 2 fully saturated rings. The zero-order valence-corrected chi connectivity index (χ0v) is 55.5. The Hall–Kier alpha value is -5.77. The maximum absolute atomic E-state index is 13.7. The van der Waals surface area contributed by atoms with Crippen molar-refractivity contribution in [2.24, 2.45) is 11.8 Å². The van der Waals surface area contributed by atoms with Crippen LogP contribution in [0.3, 0.4) is 0 Å². The van der Waals surface area contributed by atoms with Crippen LogP contribution in [0.2, 0.25) is 0 Å². The van der Waals surface area contributed by atoms with E-state index < -0.39 is 61.0 Å². The summed E-state index contributed by atoms with van der Waals surface area (Å²) >= 11 is 2.71. The third-order valence-electron chi connectivity index (χ3n) is 12.3. The fourth-order valence-corrected chi connectivity index (χ4v) is 14.8. The van der Waals surface area contributed by atoms with E-state index in [1.165, 1.54) is 34.8 Å². The normalized spacial score (nSPS) is 17.9. The molecular formula is C59H90N10O12S4. The van der Waals surface area contributed by atoms with E-state index in [1.54, 1.807) is 132 Å². The van der Waals surface area contributed by atoms with Crippen molar-refractivity contribution < 1.29 is 55.0 Å². The van der Waals surface area contributed by atoms with Gasteiger partial charge in [-0.2, -0.15) is 0 Å². The molecule has 0 saturated carbocycles. The molecule has 85 heavy (non-hydrogen) atoms. The van der Waals surface area contributed by atoms with E-state index in [0.717, 1.165) is 17.8 Å². The first-order valence-corrected chi connectivity index (χ1v) is 33.4. The molecule has 22 nitrogen and oxygen atoms in total. The number of sulfonamides is 2. The van der Waals surface area contributed by atoms with Crippen LogP contribution < -0.4 is 36.0 Å². The first kappa shape index (κ1) is 70.0. The van der Waals surface area contributed by atoms with E-state index >= 15 is 0 Å². The van der Waals surface area contributed by atoms with Crippen LogP contribution in [0.5, 0.6) is 0 Å². The van der Waals surface area contributed by atoms with Gasteiger partial charge in [0.25, 0.3) is 0 Å². The number of thiazole rings is 2. The van der Waals surface area contributed by atoms with E-state index in [9.17, 15) is 40.8 Å². The molecule has 5 amide bonds. The summed E-state index contributed by atoms with van der Waals surface area (Å²) in [5, 5.41) is 16.2. The predicted octanol–water partition coefficient (Wildman–Crippen LogP) is 11.2. The number of aromatic nitrogens is 2. The van der Waals surface area contributed by atoms with Crippen LogP contribution in [0.4, 0.5) is 25.8 Å². The van der Waals surface area contributed by atoms with Gasteiger partial charge in [0.2, 0.25) is 31.9 Å². The zero-order valence-electron chi connectivity index (χ0n) is 52.3. The molecule has 2 aliphatic heterocycles. The van der Waals surface area contributed by atoms with Crippen molar-refractivity contribution >= 4 is 84.2 Å². The second kappa shape index (κ2) is 29.3. The number of amides is 5. The van der Waals surface area contributed by atoms with Crippen LogP contribution >= 0.6 is 22.7 Å². The zero-order chi connectivity index (χ0) is 63.6. The number of nitrogens with one attached hydrogen (secondary N) is 7. The standard InChI is InChI=1S/C32H49N5O7S2.C27H41N5O5S2/c1-19(2)15-27(38)34-21-11-13-23(26(16-21)46(41,42)36-31(5,6)7)25-17-33-28(45-25)24-14-12-22(35-29(39)43-20(3)4)18-37(24)30(40)44-32(8,9)10;1-16(2)12-24(33)30-18-8-10-20(23(13-18)39(35,36)32-27(5,6)7)22-15-29-25(38-22)21-11-9-19(14-28-21)31-26(34)37-17(3)4/h11,13,16-17,19-20,22,24,36H,12,14-15,18H2,1-10H3,(H,34,38)(H,35,39);8,10,13,15-17,19,21,28,32H,9,11-12,14H2,1-7H3,(H,30,33)(H,31,34)/t22-,24?;19-,21?/m11/s1. The summed E-state index contributed by atoms with van der Waals surface area (Å²) in [6.07, 6.45) is 4.50. The van der Waals surface area contributed by atoms with E-state index in [1.807, 2.05) is 27.7 Å². The summed E-state index contributed by atoms with van der Waals surface area (Å²) in [7, 11) is -7.94. The highest BCUT2D eigenvalue weighted by molar-refractivity contribution is 7.90. The number of nitrogens with zero attached hydrogens (tertiary/aromatic N) is 3. The molecule has 4 aromatic rings. The number of ether oxygens (including phenoxy) is 3. The highest BCUT2D eigenvalue weighted by atomic mass is 32.2. The lowest BCUT2D eigenvalue weighted by Crippen LogP contribution is -2.52. The SMILES string of the molecule is CC(C)CC(=O)Nc1ccc(-c2cnc(C3CC[C@@H](NC(=O)OC(C)C)CN3)s2)c(S(=O)(=O)NC(C)(C)C)c1.CC(C)CC(=O)Nc1ccc(-c2cnc(C3CC[C@@H](NC(=O)OC(C)C)CN3C(=O)OC(C)(C)C)s2)c(S(=O)(=O)NC(C)(C)C)c1. The molecule has 0 radical (unpaired) electrons. The summed E-state index contributed by atoms with van der Waals surface area (Å²) < 4.78 is 75.8. The fourth-order valence-electron chi connectivity index (χ4n) is 9.16. The topological polar surface area (TPSA) is 295 Å². The van der Waals surface area contributed by atoms with Gasteiger partial charge in [-0.15, -0.1) is 22.7 Å². The summed E-state index contributed by atoms with van der Waals surface area (Å²) in [4.78, 5) is 74.7. The van der Waals surface area contributed by atoms with Gasteiger partial charge in [-0.3, -0.25) is 14.5 Å². The summed E-state index contributed by atoms with van der Waals surface area (Å²) in [6, 6.07) is 8.87. The van der Waals surface area contributed by atoms with Crippen LogP contribution in [0, 0.1) is 11.8 Å². The Kier molecular flexibility index (Phi) is 24.1. The molecule has 0 spiro atoms. The Labute approximate surface area is 511 Å². The molecule has 2 aromatic carbocycles. The number of carbonyl (C=O) groups is 5. The maximum Gasteiger partial charge on any atom is 0.410 e. The van der Waals surface area contributed by atoms with Crippen LogP contribution in [0.25, 0.3) is 20.9 Å². The number of anilines is 2. The van der Waals surface area contributed by atoms with Crippen molar-refractivity contribution in [1.29, 1.82) is 0 Å². The number of carbonyl (C=O) groups excluding carboxylic acids is 5. The molecule has 0 bridgehead atoms. The van der Waals surface area contributed by atoms with Crippen LogP contribution in [0.15, 0.2) is 58.6 Å². The number of piperidine rings is 2. The molecule has 2 aliphatic rings. The van der Waals surface area contributed by atoms with Crippen LogP contribution in [-0.4, -0.2) is 116 Å². The second-order valence-electron chi connectivity index (χ2n) is 25.9. The minimum absolute atomic E-state index is 0.000503. The highest BCUT2D eigenvalue weighted by Crippen LogP contribution is 2.41. The molecule has 26 heteroatoms. The van der Waals surface area contributed by atoms with Crippen molar-refractivity contribution in [2.45, 2.75) is 219 Å². The van der Waals surface area contributed by atoms with Gasteiger partial charge in [-0.1, -0.05) is 39.8 Å². The number of hydrogen-bond acceptors (Lipinski definition) is 17. The van der Waals surface area contributed by atoms with Gasteiger partial charge >= 0.3 is 18.3 Å². The van der Waals surface area contributed by atoms with Crippen molar-refractivity contribution in [3.8, 4) is 20.9 Å². The molecule has 2 saturated heterocycles. The summed E-state index contributed by atoms with van der Waals surface area (Å²) in [6.45, 7) is 31.6. The minimum Gasteiger partial charge on any atom is -0.447 e. The van der Waals surface area contributed by atoms with E-state index in [4.69, 9.17) is 14.2 Å². The molecule has 6 rings (SSSR count). The molecule has 472 valence electrons. The third kappa shape index (κ3) is 22.5. The Morgan fingerprint density at radius 2 is 1.06 bits per heavy atom. The largest absolute Gasteiger partial charge is 0.447 e. The smallest absolute Gasteiger partial charge is 0.410 e. The van der Waals surface area contributed by atoms with Crippen LogP contribution in [0.1, 0.15) is 178 Å². The number of likely N-dealkylation sites (tertiary alicyclic amines) is 1. The third-order valence-corrected chi connectivity index (χ3v) is 18.2. The number of benzene rings is 2. The Morgan fingerprint density at radius 1 is 0.624 bits per heavy atom. The van der Waals surface area contributed by atoms with E-state index in [-0.39, 0.29) is 70.3 Å². The molecule has 7 N–H and O–H groups in total. The van der Waals surface area contributed by atoms with Crippen molar-refractivity contribution in [1.82, 2.24) is 40.3 Å². The molecule has 2 aromatic heterocycles. The molecule has 4 heterocycles. The van der Waals surface area contributed by atoms with Crippen molar-refractivity contribution in [2.75, 3.05) is 23.7 Å². The Bertz CT molecular complexity index is 3190. The minimum atomic E-state index is -4.02. The molecule has 0 aliphatic carbocycles. The van der Waals surface area contributed by atoms with Gasteiger partial charge in [-0.25, -0.2) is 50.6 Å². The van der Waals surface area contributed by atoms with E-state index in [0.29, 0.717) is 69.5 Å². The average molecular weight is 1260 g/mol. The number of rotatable bonds is 18. The summed E-state index contributed by atoms with van der Waals surface area (Å²) in [5.74, 6) is -0.0575. The monoisotopic (exact) mass is 1260 g/mol. The lowest BCUT2D eigenvalue weighted by Gasteiger charge is -2.39. The number of alkyl carbamates (subject to hydrolysis) is 2. The van der Waals surface area contributed by atoms with Gasteiger partial charge in [0.1, 0.15) is 15.6 Å². The van der Waals surface area contributed by atoms with Crippen molar-refractivity contribution in [3.63, 3.8) is 0 Å². The first-order valence-electron chi connectivity index (χ1n) is 28.8. The molecule has 4 atom stereocenters. The molecule has 2 unspecified atom stereocenters. The number of hydrogen-bond donors (Lipinski definition) is 7. The average Bonchev–Trinajstić information content (AvgIpc) is 2.35. The molecular weight excluding hydrogens is 1170 g/mol. The lowest BCUT2D eigenvalue weighted by molar-refractivity contribution is -0.117. The van der Waals surface area contributed by atoms with Gasteiger partial charge in [0.05, 0.1) is 49.9 Å². The van der Waals surface area contributed by atoms with Gasteiger partial charge in [0.15, 0.2) is 0 Å². The van der Waals surface area contributed by atoms with Gasteiger partial charge in [-0.05, 0) is 152 Å². The quantitative estimate of drug-likeness (QED) is 0.0456. The van der Waals surface area contributed by atoms with Crippen LogP contribution in [-0.2, 0) is 43.8 Å².